The highest BCUT2D eigenvalue weighted by atomic mass is 79.9. The molecule has 8 heteroatoms. The fourth-order valence-electron chi connectivity index (χ4n) is 4.01. The van der Waals surface area contributed by atoms with Gasteiger partial charge < -0.3 is 5.11 Å². The highest BCUT2D eigenvalue weighted by Gasteiger charge is 2.19. The Hall–Kier alpha value is -2.09. The van der Waals surface area contributed by atoms with Crippen molar-refractivity contribution in [2.24, 2.45) is 0 Å². The quantitative estimate of drug-likeness (QED) is 0.203. The predicted octanol–water partition coefficient (Wildman–Crippen LogP) is 8.62. The third-order valence-electron chi connectivity index (χ3n) is 6.02. The summed E-state index contributed by atoms with van der Waals surface area (Å²) in [4.78, 5) is 20.4. The van der Waals surface area contributed by atoms with Gasteiger partial charge in [0.15, 0.2) is 0 Å². The van der Waals surface area contributed by atoms with Crippen molar-refractivity contribution >= 4 is 60.8 Å². The molecule has 0 bridgehead atoms. The molecule has 2 aromatic carbocycles. The molecule has 38 heavy (non-hydrogen) atoms. The average Bonchev–Trinajstić information content (AvgIpc) is 2.88. The van der Waals surface area contributed by atoms with E-state index in [9.17, 15) is 9.90 Å². The van der Waals surface area contributed by atoms with Crippen LogP contribution in [0.2, 0.25) is 10.0 Å². The highest BCUT2D eigenvalue weighted by molar-refractivity contribution is 9.10. The molecule has 4 aromatic rings. The number of benzene rings is 2. The van der Waals surface area contributed by atoms with Gasteiger partial charge in [0.05, 0.1) is 16.1 Å². The first-order valence-corrected chi connectivity index (χ1v) is 14.4. The van der Waals surface area contributed by atoms with Crippen molar-refractivity contribution in [3.8, 4) is 0 Å². The molecule has 0 amide bonds. The third-order valence-corrected chi connectivity index (χ3v) is 7.45. The zero-order valence-corrected chi connectivity index (χ0v) is 25.7. The molecule has 0 spiro atoms. The molecule has 0 radical (unpaired) electrons. The molecule has 3 atom stereocenters. The van der Waals surface area contributed by atoms with Crippen LogP contribution in [0.25, 0.3) is 0 Å². The summed E-state index contributed by atoms with van der Waals surface area (Å²) in [5.41, 5.74) is 3.89. The van der Waals surface area contributed by atoms with E-state index < -0.39 is 6.10 Å². The summed E-state index contributed by atoms with van der Waals surface area (Å²) in [7, 11) is 0. The number of hydrogen-bond acceptors (Lipinski definition) is 4. The van der Waals surface area contributed by atoms with Crippen LogP contribution in [-0.2, 0) is 17.6 Å². The summed E-state index contributed by atoms with van der Waals surface area (Å²) in [6.07, 6.45) is 4.08. The number of aromatic nitrogens is 2. The first-order chi connectivity index (χ1) is 18.1. The molecule has 4 rings (SSSR count). The monoisotopic (exact) mass is 676 g/mol. The van der Waals surface area contributed by atoms with Crippen LogP contribution in [0.15, 0.2) is 94.1 Å². The maximum Gasteiger partial charge on any atom is 0.137 e. The molecule has 2 aromatic heterocycles. The first-order valence-electron chi connectivity index (χ1n) is 12.0. The molecule has 1 N–H and O–H groups in total. The van der Waals surface area contributed by atoms with Crippen LogP contribution in [0, 0.1) is 0 Å². The number of Topliss-reactive ketones (excluding diaryl/α,β-unsaturated/α-hetero) is 1. The summed E-state index contributed by atoms with van der Waals surface area (Å²) >= 11 is 18.5. The van der Waals surface area contributed by atoms with E-state index in [0.717, 1.165) is 31.5 Å². The Morgan fingerprint density at radius 1 is 0.816 bits per heavy atom. The standard InChI is InChI=1S/C15H15BrClNO.C15H13BrClNO/c2*1-10(19)15(11-3-2-4-12(16)7-11)8-14-6-5-13(17)9-18-14/h2-7,9-10,15,19H,8H2,1H3;2-7,9,15H,8H2,1H3. The minimum absolute atomic E-state index is 0.0196. The van der Waals surface area contributed by atoms with E-state index in [0.29, 0.717) is 22.9 Å². The van der Waals surface area contributed by atoms with Crippen LogP contribution in [0.3, 0.4) is 0 Å². The lowest BCUT2D eigenvalue weighted by atomic mass is 9.90. The second-order valence-corrected chi connectivity index (χ2v) is 11.7. The number of pyridine rings is 2. The van der Waals surface area contributed by atoms with Gasteiger partial charge >= 0.3 is 0 Å². The SMILES string of the molecule is CC(=O)C(Cc1ccc(Cl)cn1)c1cccc(Br)c1.CC(O)C(Cc1ccc(Cl)cn1)c1cccc(Br)c1. The van der Waals surface area contributed by atoms with Gasteiger partial charge in [0.25, 0.3) is 0 Å². The molecule has 0 aliphatic carbocycles. The molecular formula is C30H28Br2Cl2N2O2. The normalized spacial score (nSPS) is 13.1. The lowest BCUT2D eigenvalue weighted by molar-refractivity contribution is -0.118. The predicted molar refractivity (Wildman–Crippen MR) is 162 cm³/mol. The first kappa shape index (κ1) is 30.5. The van der Waals surface area contributed by atoms with Crippen LogP contribution >= 0.6 is 55.1 Å². The van der Waals surface area contributed by atoms with Gasteiger partial charge in [-0.05, 0) is 79.9 Å². The number of hydrogen-bond donors (Lipinski definition) is 1. The molecule has 0 aliphatic rings. The van der Waals surface area contributed by atoms with Crippen LogP contribution in [0.5, 0.6) is 0 Å². The lowest BCUT2D eigenvalue weighted by Gasteiger charge is -2.20. The topological polar surface area (TPSA) is 63.1 Å². The third kappa shape index (κ3) is 9.58. The zero-order chi connectivity index (χ0) is 27.7. The van der Waals surface area contributed by atoms with Gasteiger partial charge in [-0.1, -0.05) is 79.3 Å². The second kappa shape index (κ2) is 14.9. The van der Waals surface area contributed by atoms with Crippen molar-refractivity contribution in [1.82, 2.24) is 9.97 Å². The van der Waals surface area contributed by atoms with Gasteiger partial charge in [0.2, 0.25) is 0 Å². The Labute approximate surface area is 250 Å². The van der Waals surface area contributed by atoms with E-state index in [1.54, 1.807) is 25.4 Å². The number of rotatable bonds is 8. The number of ketones is 1. The van der Waals surface area contributed by atoms with Gasteiger partial charge in [-0.25, -0.2) is 0 Å². The molecule has 3 unspecified atom stereocenters. The Bertz CT molecular complexity index is 1330. The van der Waals surface area contributed by atoms with Crippen molar-refractivity contribution in [2.45, 2.75) is 44.6 Å². The average molecular weight is 679 g/mol. The van der Waals surface area contributed by atoms with Crippen molar-refractivity contribution in [3.05, 3.63) is 127 Å². The number of aliphatic hydroxyl groups is 1. The van der Waals surface area contributed by atoms with Crippen LogP contribution in [0.1, 0.15) is 48.2 Å². The molecule has 2 heterocycles. The smallest absolute Gasteiger partial charge is 0.137 e. The zero-order valence-electron chi connectivity index (χ0n) is 21.0. The van der Waals surface area contributed by atoms with Crippen molar-refractivity contribution in [1.29, 1.82) is 0 Å². The summed E-state index contributed by atoms with van der Waals surface area (Å²) < 4.78 is 1.99. The van der Waals surface area contributed by atoms with Gasteiger partial charge in [0.1, 0.15) is 5.78 Å². The second-order valence-electron chi connectivity index (χ2n) is 8.96. The maximum absolute atomic E-state index is 11.9. The maximum atomic E-state index is 11.9. The Morgan fingerprint density at radius 3 is 1.76 bits per heavy atom. The molecular weight excluding hydrogens is 651 g/mol. The minimum Gasteiger partial charge on any atom is -0.393 e. The van der Waals surface area contributed by atoms with Gasteiger partial charge in [0, 0.05) is 51.0 Å². The van der Waals surface area contributed by atoms with E-state index in [1.165, 1.54) is 0 Å². The number of carbonyl (C=O) groups is 1. The fraction of sp³-hybridized carbons (Fsp3) is 0.233. The number of nitrogens with zero attached hydrogens (tertiary/aromatic N) is 2. The molecule has 0 aliphatic heterocycles. The van der Waals surface area contributed by atoms with Crippen LogP contribution < -0.4 is 0 Å². The summed E-state index contributed by atoms with van der Waals surface area (Å²) in [5.74, 6) is -0.0211. The van der Waals surface area contributed by atoms with Crippen LogP contribution in [0.4, 0.5) is 0 Å². The van der Waals surface area contributed by atoms with Gasteiger partial charge in [-0.15, -0.1) is 0 Å². The summed E-state index contributed by atoms with van der Waals surface area (Å²) in [5, 5.41) is 11.2. The summed E-state index contributed by atoms with van der Waals surface area (Å²) in [6, 6.07) is 23.2. The molecule has 198 valence electrons. The number of carbonyl (C=O) groups excluding carboxylic acids is 1. The highest BCUT2D eigenvalue weighted by Crippen LogP contribution is 2.27. The van der Waals surface area contributed by atoms with E-state index in [2.05, 4.69) is 41.8 Å². The Morgan fingerprint density at radius 2 is 1.32 bits per heavy atom. The molecule has 0 saturated carbocycles. The van der Waals surface area contributed by atoms with E-state index in [4.69, 9.17) is 23.2 Å². The van der Waals surface area contributed by atoms with Crippen molar-refractivity contribution < 1.29 is 9.90 Å². The molecule has 0 saturated heterocycles. The van der Waals surface area contributed by atoms with Crippen molar-refractivity contribution in [2.75, 3.05) is 0 Å². The van der Waals surface area contributed by atoms with E-state index in [-0.39, 0.29) is 17.6 Å². The lowest BCUT2D eigenvalue weighted by Crippen LogP contribution is -2.17. The number of aliphatic hydroxyl groups excluding tert-OH is 1. The largest absolute Gasteiger partial charge is 0.393 e. The Kier molecular flexibility index (Phi) is 11.9. The minimum atomic E-state index is -0.438. The van der Waals surface area contributed by atoms with Gasteiger partial charge in [-0.3, -0.25) is 14.8 Å². The fourth-order valence-corrected chi connectivity index (χ4v) is 5.07. The Balaban J connectivity index is 0.000000211. The summed E-state index contributed by atoms with van der Waals surface area (Å²) in [6.45, 7) is 3.42. The number of halogens is 4. The van der Waals surface area contributed by atoms with Gasteiger partial charge in [-0.2, -0.15) is 0 Å². The van der Waals surface area contributed by atoms with Crippen molar-refractivity contribution in [3.63, 3.8) is 0 Å². The van der Waals surface area contributed by atoms with Crippen LogP contribution in [-0.4, -0.2) is 27.0 Å². The molecule has 4 nitrogen and oxygen atoms in total. The van der Waals surface area contributed by atoms with E-state index in [1.807, 2.05) is 73.7 Å². The molecule has 0 fully saturated rings. The van der Waals surface area contributed by atoms with E-state index >= 15 is 0 Å².